The average Bonchev–Trinajstić information content (AvgIpc) is 2.15. The van der Waals surface area contributed by atoms with Crippen molar-refractivity contribution in [1.29, 1.82) is 0 Å². The molecule has 1 heterocycles. The third-order valence-electron chi connectivity index (χ3n) is 3.02. The summed E-state index contributed by atoms with van der Waals surface area (Å²) in [5, 5.41) is 0. The molecule has 0 spiro atoms. The van der Waals surface area contributed by atoms with Crippen molar-refractivity contribution < 1.29 is 0 Å². The monoisotopic (exact) mass is 206 g/mol. The van der Waals surface area contributed by atoms with E-state index in [2.05, 4.69) is 56.8 Å². The maximum Gasteiger partial charge on any atom is 0.0187 e. The van der Waals surface area contributed by atoms with Gasteiger partial charge in [0.25, 0.3) is 0 Å². The lowest BCUT2D eigenvalue weighted by Gasteiger charge is -2.35. The van der Waals surface area contributed by atoms with Gasteiger partial charge in [-0.15, -0.1) is 0 Å². The number of hydrogen-bond acceptors (Lipinski definition) is 1. The Kier molecular flexibility index (Phi) is 2.61. The third-order valence-corrected chi connectivity index (χ3v) is 4.10. The highest BCUT2D eigenvalue weighted by Gasteiger charge is 2.30. The van der Waals surface area contributed by atoms with Crippen LogP contribution in [-0.4, -0.2) is 5.75 Å². The quantitative estimate of drug-likeness (QED) is 0.617. The summed E-state index contributed by atoms with van der Waals surface area (Å²) in [7, 11) is 0. The van der Waals surface area contributed by atoms with E-state index >= 15 is 0 Å². The number of rotatable bonds is 0. The van der Waals surface area contributed by atoms with E-state index < -0.39 is 0 Å². The zero-order valence-corrected chi connectivity index (χ0v) is 10.0. The van der Waals surface area contributed by atoms with Gasteiger partial charge in [-0.2, -0.15) is 11.8 Å². The zero-order valence-electron chi connectivity index (χ0n) is 9.21. The van der Waals surface area contributed by atoms with Crippen molar-refractivity contribution in [2.24, 2.45) is 5.41 Å². The fourth-order valence-electron chi connectivity index (χ4n) is 2.10. The summed E-state index contributed by atoms with van der Waals surface area (Å²) in [4.78, 5) is 0. The van der Waals surface area contributed by atoms with Crippen molar-refractivity contribution >= 4 is 11.8 Å². The molecule has 0 amide bonds. The molecule has 0 saturated carbocycles. The summed E-state index contributed by atoms with van der Waals surface area (Å²) in [6.45, 7) is 7.04. The van der Waals surface area contributed by atoms with Gasteiger partial charge in [-0.3, -0.25) is 0 Å². The smallest absolute Gasteiger partial charge is 0.0187 e. The lowest BCUT2D eigenvalue weighted by molar-refractivity contribution is 0.341. The van der Waals surface area contributed by atoms with E-state index in [1.54, 1.807) is 11.1 Å². The largest absolute Gasteiger partial charge is 0.157 e. The van der Waals surface area contributed by atoms with Crippen molar-refractivity contribution in [2.75, 3.05) is 5.75 Å². The Morgan fingerprint density at radius 1 is 1.21 bits per heavy atom. The van der Waals surface area contributed by atoms with Gasteiger partial charge in [0.1, 0.15) is 0 Å². The Balaban J connectivity index is 2.41. The normalized spacial score (nSPS) is 21.8. The molecule has 0 aliphatic carbocycles. The molecule has 0 nitrogen and oxygen atoms in total. The summed E-state index contributed by atoms with van der Waals surface area (Å²) >= 11 is 2.07. The summed E-state index contributed by atoms with van der Waals surface area (Å²) in [5.74, 6) is 3.20. The van der Waals surface area contributed by atoms with Gasteiger partial charge in [0.15, 0.2) is 0 Å². The molecule has 0 aromatic heterocycles. The van der Waals surface area contributed by atoms with Crippen LogP contribution in [0.3, 0.4) is 0 Å². The van der Waals surface area contributed by atoms with Crippen LogP contribution in [0.15, 0.2) is 24.3 Å². The molecule has 1 aliphatic rings. The molecule has 1 aliphatic heterocycles. The Morgan fingerprint density at radius 3 is 2.64 bits per heavy atom. The van der Waals surface area contributed by atoms with Gasteiger partial charge in [-0.05, 0) is 22.5 Å². The summed E-state index contributed by atoms with van der Waals surface area (Å²) in [6, 6.07) is 8.92. The Labute approximate surface area is 91.1 Å². The van der Waals surface area contributed by atoms with Gasteiger partial charge >= 0.3 is 0 Å². The molecule has 0 fully saturated rings. The molecule has 1 heteroatoms. The van der Waals surface area contributed by atoms with E-state index in [1.807, 2.05) is 0 Å². The van der Waals surface area contributed by atoms with Crippen LogP contribution in [0.2, 0.25) is 0 Å². The molecule has 76 valence electrons. The molecule has 1 aromatic rings. The van der Waals surface area contributed by atoms with Crippen molar-refractivity contribution in [3.05, 3.63) is 35.4 Å². The van der Waals surface area contributed by atoms with E-state index in [0.717, 1.165) is 5.92 Å². The van der Waals surface area contributed by atoms with Gasteiger partial charge in [0.2, 0.25) is 0 Å². The van der Waals surface area contributed by atoms with E-state index in [0.29, 0.717) is 5.41 Å². The molecule has 2 rings (SSSR count). The third kappa shape index (κ3) is 1.83. The number of benzene rings is 1. The first-order valence-corrected chi connectivity index (χ1v) is 6.40. The van der Waals surface area contributed by atoms with Crippen molar-refractivity contribution in [2.45, 2.75) is 32.4 Å². The summed E-state index contributed by atoms with van der Waals surface area (Å²) < 4.78 is 0. The van der Waals surface area contributed by atoms with Crippen molar-refractivity contribution in [3.63, 3.8) is 0 Å². The fraction of sp³-hybridized carbons (Fsp3) is 0.538. The van der Waals surface area contributed by atoms with E-state index in [-0.39, 0.29) is 0 Å². The highest BCUT2D eigenvalue weighted by molar-refractivity contribution is 7.98. The van der Waals surface area contributed by atoms with Crippen LogP contribution in [-0.2, 0) is 5.75 Å². The van der Waals surface area contributed by atoms with E-state index in [4.69, 9.17) is 0 Å². The van der Waals surface area contributed by atoms with Gasteiger partial charge in [0, 0.05) is 11.5 Å². The Hall–Kier alpha value is -0.430. The minimum Gasteiger partial charge on any atom is -0.157 e. The molecule has 0 N–H and O–H groups in total. The van der Waals surface area contributed by atoms with E-state index in [1.165, 1.54) is 11.5 Å². The molecule has 0 saturated heterocycles. The predicted molar refractivity (Wildman–Crippen MR) is 64.8 cm³/mol. The summed E-state index contributed by atoms with van der Waals surface area (Å²) in [6.07, 6.45) is 0. The number of thioether (sulfide) groups is 1. The van der Waals surface area contributed by atoms with Gasteiger partial charge in [0.05, 0.1) is 0 Å². The van der Waals surface area contributed by atoms with Crippen molar-refractivity contribution in [3.8, 4) is 0 Å². The average molecular weight is 206 g/mol. The van der Waals surface area contributed by atoms with Crippen LogP contribution in [0.1, 0.15) is 37.8 Å². The number of fused-ring (bicyclic) bond motifs is 1. The first-order valence-electron chi connectivity index (χ1n) is 5.24. The molecule has 1 aromatic carbocycles. The molecule has 0 bridgehead atoms. The van der Waals surface area contributed by atoms with Crippen LogP contribution in [0.5, 0.6) is 0 Å². The lowest BCUT2D eigenvalue weighted by atomic mass is 9.76. The SMILES string of the molecule is CC(C)(C)C1CSCc2ccccc21. The minimum absolute atomic E-state index is 0.392. The second-order valence-corrected chi connectivity index (χ2v) is 6.16. The predicted octanol–water partition coefficient (Wildman–Crippen LogP) is 4.06. The van der Waals surface area contributed by atoms with Crippen LogP contribution in [0.4, 0.5) is 0 Å². The maximum absolute atomic E-state index is 2.35. The zero-order chi connectivity index (χ0) is 10.2. The molecule has 0 radical (unpaired) electrons. The van der Waals surface area contributed by atoms with Gasteiger partial charge < -0.3 is 0 Å². The maximum atomic E-state index is 2.35. The Bertz CT molecular complexity index is 322. The van der Waals surface area contributed by atoms with Crippen LogP contribution in [0, 0.1) is 5.41 Å². The van der Waals surface area contributed by atoms with Crippen LogP contribution >= 0.6 is 11.8 Å². The van der Waals surface area contributed by atoms with E-state index in [9.17, 15) is 0 Å². The first kappa shape index (κ1) is 10.1. The lowest BCUT2D eigenvalue weighted by Crippen LogP contribution is -2.24. The molecule has 1 atom stereocenters. The molecular formula is C13H18S. The standard InChI is InChI=1S/C13H18S/c1-13(2,3)12-9-14-8-10-6-4-5-7-11(10)12/h4-7,12H,8-9H2,1-3H3. The van der Waals surface area contributed by atoms with Gasteiger partial charge in [-0.1, -0.05) is 45.0 Å². The molecule has 1 unspecified atom stereocenters. The Morgan fingerprint density at radius 2 is 1.93 bits per heavy atom. The molecular weight excluding hydrogens is 188 g/mol. The topological polar surface area (TPSA) is 0 Å². The minimum atomic E-state index is 0.392. The van der Waals surface area contributed by atoms with Crippen LogP contribution < -0.4 is 0 Å². The second-order valence-electron chi connectivity index (χ2n) is 5.13. The van der Waals surface area contributed by atoms with Crippen LogP contribution in [0.25, 0.3) is 0 Å². The highest BCUT2D eigenvalue weighted by Crippen LogP contribution is 2.43. The number of hydrogen-bond donors (Lipinski definition) is 0. The fourth-order valence-corrected chi connectivity index (χ4v) is 3.61. The first-order chi connectivity index (χ1) is 6.59. The van der Waals surface area contributed by atoms with Gasteiger partial charge in [-0.25, -0.2) is 0 Å². The summed E-state index contributed by atoms with van der Waals surface area (Å²) in [5.41, 5.74) is 3.52. The van der Waals surface area contributed by atoms with Crippen molar-refractivity contribution in [1.82, 2.24) is 0 Å². The second kappa shape index (κ2) is 3.62. The molecule has 14 heavy (non-hydrogen) atoms. The highest BCUT2D eigenvalue weighted by atomic mass is 32.2.